The summed E-state index contributed by atoms with van der Waals surface area (Å²) in [6.45, 7) is 1.75. The van der Waals surface area contributed by atoms with Gasteiger partial charge in [-0.1, -0.05) is 13.0 Å². The number of fused-ring (bicyclic) bond motifs is 2. The zero-order chi connectivity index (χ0) is 20.4. The Labute approximate surface area is 161 Å². The number of ketones is 2. The van der Waals surface area contributed by atoms with Gasteiger partial charge in [-0.05, 0) is 0 Å². The summed E-state index contributed by atoms with van der Waals surface area (Å²) >= 11 is 0. The second kappa shape index (κ2) is 5.97. The Morgan fingerprint density at radius 2 is 1.75 bits per heavy atom. The van der Waals surface area contributed by atoms with Crippen LogP contribution in [0.4, 0.5) is 0 Å². The molecular weight excluding hydrogens is 364 g/mol. The zero-order valence-corrected chi connectivity index (χ0v) is 15.9. The van der Waals surface area contributed by atoms with Gasteiger partial charge in [0.1, 0.15) is 29.1 Å². The van der Waals surface area contributed by atoms with Crippen molar-refractivity contribution in [3.63, 3.8) is 0 Å². The van der Waals surface area contributed by atoms with Gasteiger partial charge in [-0.3, -0.25) is 9.59 Å². The summed E-state index contributed by atoms with van der Waals surface area (Å²) in [5.41, 5.74) is 0.606. The predicted molar refractivity (Wildman–Crippen MR) is 99.0 cm³/mol. The molecule has 0 spiro atoms. The zero-order valence-electron chi connectivity index (χ0n) is 15.9. The summed E-state index contributed by atoms with van der Waals surface area (Å²) in [6, 6.07) is 1.37. The number of hydrogen-bond acceptors (Lipinski definition) is 7. The highest BCUT2D eigenvalue weighted by molar-refractivity contribution is 6.16. The molecule has 7 nitrogen and oxygen atoms in total. The number of aliphatic hydroxyl groups excluding tert-OH is 1. The average molecular weight is 384 g/mol. The van der Waals surface area contributed by atoms with Crippen molar-refractivity contribution in [3.8, 4) is 11.5 Å². The number of carbonyl (C=O) groups is 2. The molecule has 3 aliphatic rings. The number of benzene rings is 1. The molecule has 3 atom stereocenters. The van der Waals surface area contributed by atoms with E-state index in [0.29, 0.717) is 34.0 Å². The van der Waals surface area contributed by atoms with Gasteiger partial charge >= 0.3 is 0 Å². The van der Waals surface area contributed by atoms with E-state index in [0.717, 1.165) is 0 Å². The van der Waals surface area contributed by atoms with Crippen molar-refractivity contribution in [1.82, 2.24) is 0 Å². The minimum atomic E-state index is -1.32. The van der Waals surface area contributed by atoms with Crippen LogP contribution in [0.3, 0.4) is 0 Å². The van der Waals surface area contributed by atoms with E-state index in [1.165, 1.54) is 39.5 Å². The number of carbonyl (C=O) groups excluding carboxylic acids is 2. The van der Waals surface area contributed by atoms with Gasteiger partial charge in [0.2, 0.25) is 0 Å². The smallest absolute Gasteiger partial charge is 0.193 e. The SMILES string of the molecule is COC1=CC(=O)c2c(O)cc(OC)c3c2C1=C[C@]1(C)[C@H](O)C(=O)C=C(OC)[C@H]31. The summed E-state index contributed by atoms with van der Waals surface area (Å²) in [5.74, 6) is -0.709. The van der Waals surface area contributed by atoms with E-state index in [4.69, 9.17) is 14.2 Å². The van der Waals surface area contributed by atoms with Gasteiger partial charge in [-0.25, -0.2) is 0 Å². The second-order valence-corrected chi connectivity index (χ2v) is 7.25. The van der Waals surface area contributed by atoms with Crippen molar-refractivity contribution in [2.45, 2.75) is 18.9 Å². The molecule has 0 saturated heterocycles. The summed E-state index contributed by atoms with van der Waals surface area (Å²) in [4.78, 5) is 25.1. The van der Waals surface area contributed by atoms with Crippen LogP contribution in [0.15, 0.2) is 35.8 Å². The fourth-order valence-corrected chi connectivity index (χ4v) is 4.53. The quantitative estimate of drug-likeness (QED) is 0.823. The van der Waals surface area contributed by atoms with Gasteiger partial charge in [-0.2, -0.15) is 0 Å². The molecule has 0 unspecified atom stereocenters. The number of rotatable bonds is 3. The lowest BCUT2D eigenvalue weighted by Crippen LogP contribution is -2.47. The van der Waals surface area contributed by atoms with E-state index >= 15 is 0 Å². The Hall–Kier alpha value is -3.06. The van der Waals surface area contributed by atoms with Gasteiger partial charge in [0.15, 0.2) is 11.6 Å². The summed E-state index contributed by atoms with van der Waals surface area (Å²) in [7, 11) is 4.33. The van der Waals surface area contributed by atoms with E-state index < -0.39 is 29.0 Å². The topological polar surface area (TPSA) is 102 Å². The number of aromatic hydroxyl groups is 1. The van der Waals surface area contributed by atoms with Crippen molar-refractivity contribution >= 4 is 17.1 Å². The summed E-state index contributed by atoms with van der Waals surface area (Å²) in [5, 5.41) is 21.3. The Balaban J connectivity index is 2.17. The Morgan fingerprint density at radius 1 is 1.04 bits per heavy atom. The monoisotopic (exact) mass is 384 g/mol. The molecule has 3 aliphatic carbocycles. The molecule has 146 valence electrons. The van der Waals surface area contributed by atoms with Gasteiger partial charge < -0.3 is 24.4 Å². The first-order valence-corrected chi connectivity index (χ1v) is 8.73. The van der Waals surface area contributed by atoms with E-state index in [-0.39, 0.29) is 11.3 Å². The Bertz CT molecular complexity index is 1010. The van der Waals surface area contributed by atoms with E-state index in [2.05, 4.69) is 0 Å². The molecule has 0 fully saturated rings. The van der Waals surface area contributed by atoms with E-state index in [9.17, 15) is 19.8 Å². The lowest BCUT2D eigenvalue weighted by Gasteiger charge is -2.46. The highest BCUT2D eigenvalue weighted by Crippen LogP contribution is 2.59. The minimum absolute atomic E-state index is 0.131. The normalized spacial score (nSPS) is 27.8. The molecule has 0 radical (unpaired) electrons. The van der Waals surface area contributed by atoms with E-state index in [1.54, 1.807) is 13.0 Å². The molecule has 1 aromatic rings. The highest BCUT2D eigenvalue weighted by atomic mass is 16.5. The van der Waals surface area contributed by atoms with Crippen LogP contribution in [0, 0.1) is 5.41 Å². The van der Waals surface area contributed by atoms with E-state index in [1.807, 2.05) is 0 Å². The Kier molecular flexibility index (Phi) is 3.90. The van der Waals surface area contributed by atoms with Crippen LogP contribution in [0.2, 0.25) is 0 Å². The lowest BCUT2D eigenvalue weighted by molar-refractivity contribution is -0.129. The third-order valence-corrected chi connectivity index (χ3v) is 5.82. The third-order valence-electron chi connectivity index (χ3n) is 5.82. The third kappa shape index (κ3) is 2.13. The van der Waals surface area contributed by atoms with Crippen LogP contribution in [0.5, 0.6) is 11.5 Å². The molecule has 0 amide bonds. The molecule has 2 N–H and O–H groups in total. The predicted octanol–water partition coefficient (Wildman–Crippen LogP) is 2.09. The average Bonchev–Trinajstić information content (AvgIpc) is 2.67. The fourth-order valence-electron chi connectivity index (χ4n) is 4.53. The van der Waals surface area contributed by atoms with Gasteiger partial charge in [-0.15, -0.1) is 0 Å². The van der Waals surface area contributed by atoms with Crippen molar-refractivity contribution in [2.75, 3.05) is 21.3 Å². The maximum absolute atomic E-state index is 12.7. The van der Waals surface area contributed by atoms with Crippen LogP contribution in [-0.4, -0.2) is 49.2 Å². The van der Waals surface area contributed by atoms with Crippen molar-refractivity contribution in [1.29, 1.82) is 0 Å². The van der Waals surface area contributed by atoms with Gasteiger partial charge in [0.05, 0.1) is 32.8 Å². The largest absolute Gasteiger partial charge is 0.507 e. The second-order valence-electron chi connectivity index (χ2n) is 7.25. The number of phenolic OH excluding ortho intramolecular Hbond substituents is 1. The molecule has 0 heterocycles. The summed E-state index contributed by atoms with van der Waals surface area (Å²) in [6.07, 6.45) is 2.96. The molecule has 28 heavy (non-hydrogen) atoms. The molecular formula is C21H20O7. The molecule has 0 saturated carbocycles. The van der Waals surface area contributed by atoms with Crippen LogP contribution in [0.25, 0.3) is 5.57 Å². The van der Waals surface area contributed by atoms with Crippen LogP contribution >= 0.6 is 0 Å². The molecule has 7 heteroatoms. The maximum Gasteiger partial charge on any atom is 0.193 e. The number of allylic oxidation sites excluding steroid dienone is 3. The number of phenols is 1. The number of hydrogen-bond donors (Lipinski definition) is 2. The number of methoxy groups -OCH3 is 3. The molecule has 0 aromatic heterocycles. The summed E-state index contributed by atoms with van der Waals surface area (Å²) < 4.78 is 16.4. The van der Waals surface area contributed by atoms with Crippen molar-refractivity contribution in [3.05, 3.63) is 52.5 Å². The fraction of sp³-hybridized carbons (Fsp3) is 0.333. The number of ether oxygens (including phenoxy) is 3. The minimum Gasteiger partial charge on any atom is -0.507 e. The first-order chi connectivity index (χ1) is 13.3. The first kappa shape index (κ1) is 18.3. The van der Waals surface area contributed by atoms with Crippen molar-refractivity contribution in [2.24, 2.45) is 5.41 Å². The van der Waals surface area contributed by atoms with Crippen LogP contribution < -0.4 is 4.74 Å². The lowest BCUT2D eigenvalue weighted by atomic mass is 9.58. The molecule has 1 aromatic carbocycles. The number of aliphatic hydroxyl groups is 1. The maximum atomic E-state index is 12.7. The molecule has 0 bridgehead atoms. The van der Waals surface area contributed by atoms with Gasteiger partial charge in [0, 0.05) is 40.3 Å². The van der Waals surface area contributed by atoms with Gasteiger partial charge in [0.25, 0.3) is 0 Å². The van der Waals surface area contributed by atoms with Crippen LogP contribution in [-0.2, 0) is 14.3 Å². The van der Waals surface area contributed by atoms with Crippen molar-refractivity contribution < 1.29 is 34.0 Å². The Morgan fingerprint density at radius 3 is 2.36 bits per heavy atom. The molecule has 0 aliphatic heterocycles. The highest BCUT2D eigenvalue weighted by Gasteiger charge is 2.54. The standard InChI is InChI=1S/C21H20O7/c1-21-8-9-13(26-2)5-10(22)17-11(23)6-14(27-3)18(16(9)17)19(21)15(28-4)7-12(24)20(21)25/h5-8,19-20,23,25H,1-4H3/t19-,20-,21+/m1/s1. The van der Waals surface area contributed by atoms with Crippen LogP contribution in [0.1, 0.15) is 34.3 Å². The molecule has 4 rings (SSSR count). The first-order valence-electron chi connectivity index (χ1n) is 8.73.